The minimum absolute atomic E-state index is 0.260. The first kappa shape index (κ1) is 14.8. The van der Waals surface area contributed by atoms with Gasteiger partial charge in [-0.05, 0) is 42.3 Å². The molecule has 5 heteroatoms. The Hall–Kier alpha value is -1.17. The molecule has 0 aromatic carbocycles. The van der Waals surface area contributed by atoms with Gasteiger partial charge in [0.25, 0.3) is 0 Å². The molecule has 0 bridgehead atoms. The van der Waals surface area contributed by atoms with Crippen molar-refractivity contribution in [2.45, 2.75) is 38.4 Å². The van der Waals surface area contributed by atoms with Crippen LogP contribution in [0.25, 0.3) is 0 Å². The van der Waals surface area contributed by atoms with Crippen LogP contribution in [0.2, 0.25) is 0 Å². The summed E-state index contributed by atoms with van der Waals surface area (Å²) in [6.07, 6.45) is 2.93. The fourth-order valence-corrected chi connectivity index (χ4v) is 4.12. The maximum atomic E-state index is 12.6. The van der Waals surface area contributed by atoms with E-state index in [4.69, 9.17) is 0 Å². The van der Waals surface area contributed by atoms with Gasteiger partial charge in [-0.15, -0.1) is 22.7 Å². The lowest BCUT2D eigenvalue weighted by Gasteiger charge is -2.23. The second-order valence-corrected chi connectivity index (χ2v) is 7.47. The minimum Gasteiger partial charge on any atom is -0.332 e. The first-order valence-electron chi connectivity index (χ1n) is 7.37. The molecule has 1 saturated heterocycles. The van der Waals surface area contributed by atoms with Gasteiger partial charge >= 0.3 is 0 Å². The third kappa shape index (κ3) is 4.15. The summed E-state index contributed by atoms with van der Waals surface area (Å²) in [4.78, 5) is 17.1. The van der Waals surface area contributed by atoms with Crippen LogP contribution < -0.4 is 5.32 Å². The van der Waals surface area contributed by atoms with Gasteiger partial charge in [-0.25, -0.2) is 0 Å². The molecular weight excluding hydrogens is 300 g/mol. The number of rotatable bonds is 6. The van der Waals surface area contributed by atoms with Crippen LogP contribution in [0.3, 0.4) is 0 Å². The first-order valence-corrected chi connectivity index (χ1v) is 9.13. The van der Waals surface area contributed by atoms with Crippen LogP contribution in [0.15, 0.2) is 35.0 Å². The lowest BCUT2D eigenvalue weighted by atomic mass is 10.1. The van der Waals surface area contributed by atoms with E-state index in [2.05, 4.69) is 28.2 Å². The number of carbonyl (C=O) groups is 1. The quantitative estimate of drug-likeness (QED) is 0.884. The van der Waals surface area contributed by atoms with Crippen molar-refractivity contribution in [3.05, 3.63) is 44.8 Å². The average molecular weight is 320 g/mol. The minimum atomic E-state index is 0.260. The van der Waals surface area contributed by atoms with Crippen LogP contribution in [0.1, 0.15) is 29.0 Å². The Labute approximate surface area is 133 Å². The molecule has 21 heavy (non-hydrogen) atoms. The summed E-state index contributed by atoms with van der Waals surface area (Å²) in [5.74, 6) is 0.260. The van der Waals surface area contributed by atoms with E-state index >= 15 is 0 Å². The van der Waals surface area contributed by atoms with Crippen LogP contribution in [-0.4, -0.2) is 23.4 Å². The second-order valence-electron chi connectivity index (χ2n) is 5.41. The summed E-state index contributed by atoms with van der Waals surface area (Å²) in [6.45, 7) is 2.50. The van der Waals surface area contributed by atoms with Crippen molar-refractivity contribution in [2.24, 2.45) is 0 Å². The van der Waals surface area contributed by atoms with Gasteiger partial charge < -0.3 is 10.2 Å². The van der Waals surface area contributed by atoms with Gasteiger partial charge in [0.05, 0.1) is 13.1 Å². The van der Waals surface area contributed by atoms with Gasteiger partial charge in [-0.3, -0.25) is 4.79 Å². The highest BCUT2D eigenvalue weighted by atomic mass is 32.1. The van der Waals surface area contributed by atoms with E-state index in [1.165, 1.54) is 16.2 Å². The SMILES string of the molecule is O=C(CC1CCCN1)N(Cc1cccs1)Cc1cccs1. The molecule has 1 atom stereocenters. The molecule has 1 aliphatic rings. The lowest BCUT2D eigenvalue weighted by Crippen LogP contribution is -2.34. The zero-order valence-corrected chi connectivity index (χ0v) is 13.6. The van der Waals surface area contributed by atoms with Crippen molar-refractivity contribution in [1.29, 1.82) is 0 Å². The molecule has 1 aliphatic heterocycles. The predicted octanol–water partition coefficient (Wildman–Crippen LogP) is 3.48. The molecule has 0 aliphatic carbocycles. The second kappa shape index (κ2) is 7.20. The molecule has 3 heterocycles. The van der Waals surface area contributed by atoms with Crippen molar-refractivity contribution in [1.82, 2.24) is 10.2 Å². The van der Waals surface area contributed by atoms with E-state index in [0.29, 0.717) is 12.5 Å². The Bertz CT molecular complexity index is 509. The molecule has 3 nitrogen and oxygen atoms in total. The molecule has 1 unspecified atom stereocenters. The van der Waals surface area contributed by atoms with Crippen molar-refractivity contribution in [3.63, 3.8) is 0 Å². The normalized spacial score (nSPS) is 18.0. The van der Waals surface area contributed by atoms with E-state index < -0.39 is 0 Å². The third-order valence-corrected chi connectivity index (χ3v) is 5.51. The largest absolute Gasteiger partial charge is 0.332 e. The summed E-state index contributed by atoms with van der Waals surface area (Å²) in [6, 6.07) is 8.67. The number of amides is 1. The van der Waals surface area contributed by atoms with E-state index in [-0.39, 0.29) is 5.91 Å². The van der Waals surface area contributed by atoms with Crippen molar-refractivity contribution in [3.8, 4) is 0 Å². The topological polar surface area (TPSA) is 32.3 Å². The van der Waals surface area contributed by atoms with Crippen molar-refractivity contribution in [2.75, 3.05) is 6.54 Å². The van der Waals surface area contributed by atoms with Gasteiger partial charge in [0.1, 0.15) is 0 Å². The Morgan fingerprint density at radius 3 is 2.33 bits per heavy atom. The lowest BCUT2D eigenvalue weighted by molar-refractivity contribution is -0.132. The standard InChI is InChI=1S/C16H20N2OS2/c19-16(10-13-4-1-7-17-13)18(11-14-5-2-8-20-14)12-15-6-3-9-21-15/h2-3,5-6,8-9,13,17H,1,4,7,10-12H2. The van der Waals surface area contributed by atoms with Crippen LogP contribution in [0.5, 0.6) is 0 Å². The van der Waals surface area contributed by atoms with E-state index in [1.54, 1.807) is 22.7 Å². The monoisotopic (exact) mass is 320 g/mol. The molecule has 0 spiro atoms. The van der Waals surface area contributed by atoms with Gasteiger partial charge in [0.2, 0.25) is 5.91 Å². The fraction of sp³-hybridized carbons (Fsp3) is 0.438. The highest BCUT2D eigenvalue weighted by molar-refractivity contribution is 7.10. The summed E-state index contributed by atoms with van der Waals surface area (Å²) in [5, 5.41) is 7.56. The van der Waals surface area contributed by atoms with Crippen molar-refractivity contribution >= 4 is 28.6 Å². The molecule has 0 saturated carbocycles. The summed E-state index contributed by atoms with van der Waals surface area (Å²) < 4.78 is 0. The van der Waals surface area contributed by atoms with Crippen LogP contribution in [0, 0.1) is 0 Å². The highest BCUT2D eigenvalue weighted by Crippen LogP contribution is 2.19. The fourth-order valence-electron chi connectivity index (χ4n) is 2.68. The zero-order chi connectivity index (χ0) is 14.5. The first-order chi connectivity index (χ1) is 10.3. The Balaban J connectivity index is 1.66. The smallest absolute Gasteiger partial charge is 0.224 e. The van der Waals surface area contributed by atoms with Crippen LogP contribution >= 0.6 is 22.7 Å². The maximum absolute atomic E-state index is 12.6. The average Bonchev–Trinajstić information content (AvgIpc) is 3.21. The summed E-state index contributed by atoms with van der Waals surface area (Å²) in [7, 11) is 0. The molecule has 1 fully saturated rings. The summed E-state index contributed by atoms with van der Waals surface area (Å²) in [5.41, 5.74) is 0. The highest BCUT2D eigenvalue weighted by Gasteiger charge is 2.22. The van der Waals surface area contributed by atoms with Gasteiger partial charge in [0.15, 0.2) is 0 Å². The molecular formula is C16H20N2OS2. The Morgan fingerprint density at radius 1 is 1.19 bits per heavy atom. The molecule has 1 N–H and O–H groups in total. The van der Waals surface area contributed by atoms with Gasteiger partial charge in [-0.2, -0.15) is 0 Å². The number of nitrogens with one attached hydrogen (secondary N) is 1. The molecule has 112 valence electrons. The number of hydrogen-bond acceptors (Lipinski definition) is 4. The van der Waals surface area contributed by atoms with Crippen LogP contribution in [0.4, 0.5) is 0 Å². The van der Waals surface area contributed by atoms with Gasteiger partial charge in [-0.1, -0.05) is 12.1 Å². The molecule has 2 aromatic heterocycles. The van der Waals surface area contributed by atoms with Crippen molar-refractivity contribution < 1.29 is 4.79 Å². The number of carbonyl (C=O) groups excluding carboxylic acids is 1. The third-order valence-electron chi connectivity index (χ3n) is 3.79. The number of hydrogen-bond donors (Lipinski definition) is 1. The van der Waals surface area contributed by atoms with E-state index in [1.807, 2.05) is 17.0 Å². The summed E-state index contributed by atoms with van der Waals surface area (Å²) >= 11 is 3.44. The van der Waals surface area contributed by atoms with E-state index in [9.17, 15) is 4.79 Å². The molecule has 2 aromatic rings. The molecule has 3 rings (SSSR count). The van der Waals surface area contributed by atoms with E-state index in [0.717, 1.165) is 26.1 Å². The zero-order valence-electron chi connectivity index (χ0n) is 12.0. The Morgan fingerprint density at radius 2 is 1.86 bits per heavy atom. The maximum Gasteiger partial charge on any atom is 0.224 e. The Kier molecular flexibility index (Phi) is 5.06. The predicted molar refractivity (Wildman–Crippen MR) is 88.5 cm³/mol. The molecule has 0 radical (unpaired) electrons. The molecule has 1 amide bonds. The number of thiophene rings is 2. The van der Waals surface area contributed by atoms with Gasteiger partial charge in [0, 0.05) is 22.2 Å². The number of nitrogens with zero attached hydrogens (tertiary/aromatic N) is 1. The van der Waals surface area contributed by atoms with Crippen LogP contribution in [-0.2, 0) is 17.9 Å².